The SMILES string of the molecule is Cc1cc(OCCCc2c(C(=O)NS(=O)(=O)CCc3ccccc3)[nH]c3ccccc23)cc(C)c1Cl. The lowest BCUT2D eigenvalue weighted by Gasteiger charge is -2.11. The number of nitrogens with one attached hydrogen (secondary N) is 2. The van der Waals surface area contributed by atoms with Gasteiger partial charge in [-0.2, -0.15) is 0 Å². The molecule has 0 fully saturated rings. The van der Waals surface area contributed by atoms with Crippen LogP contribution >= 0.6 is 11.6 Å². The number of para-hydroxylation sites is 1. The van der Waals surface area contributed by atoms with Crippen LogP contribution in [0.15, 0.2) is 66.7 Å². The Kier molecular flexibility index (Phi) is 8.01. The summed E-state index contributed by atoms with van der Waals surface area (Å²) in [7, 11) is -3.81. The van der Waals surface area contributed by atoms with Gasteiger partial charge >= 0.3 is 0 Å². The summed E-state index contributed by atoms with van der Waals surface area (Å²) < 4.78 is 33.4. The number of rotatable bonds is 10. The third-order valence-corrected chi connectivity index (χ3v) is 7.88. The van der Waals surface area contributed by atoms with Crippen LogP contribution in [0.2, 0.25) is 5.02 Å². The number of fused-ring (bicyclic) bond motifs is 1. The lowest BCUT2D eigenvalue weighted by molar-refractivity contribution is 0.0976. The van der Waals surface area contributed by atoms with Gasteiger partial charge in [0.1, 0.15) is 11.4 Å². The largest absolute Gasteiger partial charge is 0.494 e. The molecular formula is C28H29ClN2O4S. The molecule has 1 amide bonds. The fourth-order valence-corrected chi connectivity index (χ4v) is 5.32. The summed E-state index contributed by atoms with van der Waals surface area (Å²) in [5, 5.41) is 1.62. The molecule has 0 spiro atoms. The molecule has 0 bridgehead atoms. The van der Waals surface area contributed by atoms with Gasteiger partial charge in [0.05, 0.1) is 12.4 Å². The minimum Gasteiger partial charge on any atom is -0.494 e. The van der Waals surface area contributed by atoms with Gasteiger partial charge < -0.3 is 9.72 Å². The molecule has 36 heavy (non-hydrogen) atoms. The van der Waals surface area contributed by atoms with Crippen LogP contribution in [0.25, 0.3) is 10.9 Å². The summed E-state index contributed by atoms with van der Waals surface area (Å²) in [4.78, 5) is 16.2. The molecule has 0 radical (unpaired) electrons. The van der Waals surface area contributed by atoms with Gasteiger partial charge in [0.2, 0.25) is 10.0 Å². The Morgan fingerprint density at radius 2 is 1.64 bits per heavy atom. The maximum atomic E-state index is 13.1. The quantitative estimate of drug-likeness (QED) is 0.258. The van der Waals surface area contributed by atoms with E-state index in [2.05, 4.69) is 9.71 Å². The first kappa shape index (κ1) is 25.8. The molecule has 0 aliphatic heterocycles. The molecular weight excluding hydrogens is 496 g/mol. The van der Waals surface area contributed by atoms with Crippen LogP contribution in [0, 0.1) is 13.8 Å². The summed E-state index contributed by atoms with van der Waals surface area (Å²) in [6.45, 7) is 4.32. The Bertz CT molecular complexity index is 1460. The molecule has 2 N–H and O–H groups in total. The average Bonchev–Trinajstić information content (AvgIpc) is 3.23. The van der Waals surface area contributed by atoms with Crippen LogP contribution in [0.4, 0.5) is 0 Å². The number of ether oxygens (including phenoxy) is 1. The average molecular weight is 525 g/mol. The maximum Gasteiger partial charge on any atom is 0.281 e. The Hall–Kier alpha value is -3.29. The first-order valence-corrected chi connectivity index (χ1v) is 13.8. The molecule has 3 aromatic carbocycles. The summed E-state index contributed by atoms with van der Waals surface area (Å²) in [6.07, 6.45) is 1.51. The van der Waals surface area contributed by atoms with Crippen molar-refractivity contribution in [2.24, 2.45) is 0 Å². The first-order valence-electron chi connectivity index (χ1n) is 11.8. The van der Waals surface area contributed by atoms with Crippen LogP contribution in [0.3, 0.4) is 0 Å². The number of H-pyrrole nitrogens is 1. The van der Waals surface area contributed by atoms with E-state index in [1.54, 1.807) is 0 Å². The molecule has 1 heterocycles. The molecule has 0 aliphatic rings. The van der Waals surface area contributed by atoms with Crippen LogP contribution in [-0.2, 0) is 22.9 Å². The van der Waals surface area contributed by atoms with E-state index in [1.807, 2.05) is 80.6 Å². The Labute approximate surface area is 216 Å². The van der Waals surface area contributed by atoms with E-state index in [0.29, 0.717) is 25.9 Å². The number of aromatic nitrogens is 1. The second-order valence-corrected chi connectivity index (χ2v) is 11.1. The van der Waals surface area contributed by atoms with Crippen molar-refractivity contribution in [3.63, 3.8) is 0 Å². The molecule has 8 heteroatoms. The van der Waals surface area contributed by atoms with Gasteiger partial charge in [0.15, 0.2) is 0 Å². The lowest BCUT2D eigenvalue weighted by atomic mass is 10.1. The number of aromatic amines is 1. The predicted octanol–water partition coefficient (Wildman–Crippen LogP) is 5.75. The van der Waals surface area contributed by atoms with E-state index < -0.39 is 15.9 Å². The maximum absolute atomic E-state index is 13.1. The van der Waals surface area contributed by atoms with Gasteiger partial charge in [0, 0.05) is 15.9 Å². The van der Waals surface area contributed by atoms with Gasteiger partial charge in [0.25, 0.3) is 5.91 Å². The summed E-state index contributed by atoms with van der Waals surface area (Å²) in [5.74, 6) is -0.0820. The second-order valence-electron chi connectivity index (χ2n) is 8.83. The highest BCUT2D eigenvalue weighted by molar-refractivity contribution is 7.90. The van der Waals surface area contributed by atoms with E-state index in [0.717, 1.165) is 43.9 Å². The molecule has 1 aromatic heterocycles. The van der Waals surface area contributed by atoms with Crippen molar-refractivity contribution in [1.82, 2.24) is 9.71 Å². The van der Waals surface area contributed by atoms with Crippen molar-refractivity contribution in [3.8, 4) is 5.75 Å². The lowest BCUT2D eigenvalue weighted by Crippen LogP contribution is -2.34. The monoisotopic (exact) mass is 524 g/mol. The highest BCUT2D eigenvalue weighted by Crippen LogP contribution is 2.27. The number of carbonyl (C=O) groups excluding carboxylic acids is 1. The molecule has 4 aromatic rings. The topological polar surface area (TPSA) is 88.3 Å². The van der Waals surface area contributed by atoms with Gasteiger partial charge in [-0.05, 0) is 73.6 Å². The number of benzene rings is 3. The number of hydrogen-bond donors (Lipinski definition) is 2. The van der Waals surface area contributed by atoms with E-state index >= 15 is 0 Å². The highest BCUT2D eigenvalue weighted by atomic mass is 35.5. The molecule has 188 valence electrons. The number of carbonyl (C=O) groups is 1. The number of aryl methyl sites for hydroxylation is 4. The summed E-state index contributed by atoms with van der Waals surface area (Å²) in [6, 6.07) is 20.7. The van der Waals surface area contributed by atoms with Crippen LogP contribution in [-0.4, -0.2) is 31.7 Å². The van der Waals surface area contributed by atoms with Gasteiger partial charge in [-0.3, -0.25) is 4.79 Å². The summed E-state index contributed by atoms with van der Waals surface area (Å²) >= 11 is 6.24. The highest BCUT2D eigenvalue weighted by Gasteiger charge is 2.22. The third-order valence-electron chi connectivity index (χ3n) is 6.04. The van der Waals surface area contributed by atoms with E-state index in [9.17, 15) is 13.2 Å². The van der Waals surface area contributed by atoms with Gasteiger partial charge in [-0.25, -0.2) is 13.1 Å². The number of sulfonamides is 1. The van der Waals surface area contributed by atoms with Crippen LogP contribution in [0.1, 0.15) is 39.2 Å². The fraction of sp³-hybridized carbons (Fsp3) is 0.250. The standard InChI is InChI=1S/C28H29ClN2O4S/c1-19-17-22(18-20(2)26(19)29)35-15-8-12-24-23-11-6-7-13-25(23)30-27(24)28(32)31-36(33,34)16-14-21-9-4-3-5-10-21/h3-7,9-11,13,17-18,30H,8,12,14-16H2,1-2H3,(H,31,32). The van der Waals surface area contributed by atoms with E-state index in [-0.39, 0.29) is 11.4 Å². The van der Waals surface area contributed by atoms with Crippen molar-refractivity contribution >= 4 is 38.4 Å². The normalized spacial score (nSPS) is 11.5. The van der Waals surface area contributed by atoms with Crippen molar-refractivity contribution in [3.05, 3.63) is 99.7 Å². The molecule has 0 saturated heterocycles. The van der Waals surface area contributed by atoms with Crippen molar-refractivity contribution in [1.29, 1.82) is 0 Å². The molecule has 0 unspecified atom stereocenters. The zero-order valence-corrected chi connectivity index (χ0v) is 21.9. The number of halogens is 1. The van der Waals surface area contributed by atoms with E-state index in [4.69, 9.17) is 16.3 Å². The predicted molar refractivity (Wildman–Crippen MR) is 144 cm³/mol. The summed E-state index contributed by atoms with van der Waals surface area (Å²) in [5.41, 5.74) is 4.62. The molecule has 0 atom stereocenters. The first-order chi connectivity index (χ1) is 17.2. The smallest absolute Gasteiger partial charge is 0.281 e. The van der Waals surface area contributed by atoms with E-state index in [1.165, 1.54) is 0 Å². The van der Waals surface area contributed by atoms with Gasteiger partial charge in [-0.1, -0.05) is 60.1 Å². The molecule has 4 rings (SSSR count). The number of amides is 1. The molecule has 0 aliphatic carbocycles. The Morgan fingerprint density at radius 1 is 0.972 bits per heavy atom. The second kappa shape index (κ2) is 11.2. The zero-order valence-electron chi connectivity index (χ0n) is 20.3. The molecule has 0 saturated carbocycles. The van der Waals surface area contributed by atoms with Crippen molar-refractivity contribution in [2.45, 2.75) is 33.1 Å². The van der Waals surface area contributed by atoms with Crippen LogP contribution < -0.4 is 9.46 Å². The minimum absolute atomic E-state index is 0.175. The van der Waals surface area contributed by atoms with Crippen LogP contribution in [0.5, 0.6) is 5.75 Å². The zero-order chi connectivity index (χ0) is 25.7. The van der Waals surface area contributed by atoms with Gasteiger partial charge in [-0.15, -0.1) is 0 Å². The Balaban J connectivity index is 1.44. The molecule has 6 nitrogen and oxygen atoms in total. The fourth-order valence-electron chi connectivity index (χ4n) is 4.22. The third kappa shape index (κ3) is 6.28. The van der Waals surface area contributed by atoms with Crippen molar-refractivity contribution < 1.29 is 17.9 Å². The van der Waals surface area contributed by atoms with Crippen molar-refractivity contribution in [2.75, 3.05) is 12.4 Å². The number of hydrogen-bond acceptors (Lipinski definition) is 4. The Morgan fingerprint density at radius 3 is 2.36 bits per heavy atom. The minimum atomic E-state index is -3.81.